The maximum absolute atomic E-state index is 10.2. The predicted molar refractivity (Wildman–Crippen MR) is 26.2 cm³/mol. The number of hydrogen-bond acceptors (Lipinski definition) is 4. The lowest BCUT2D eigenvalue weighted by Crippen LogP contribution is -2.10. The van der Waals surface area contributed by atoms with Crippen molar-refractivity contribution in [3.8, 4) is 0 Å². The first-order chi connectivity index (χ1) is 4.33. The quantitative estimate of drug-likeness (QED) is 0.375. The van der Waals surface area contributed by atoms with Gasteiger partial charge in [-0.05, 0) is 0 Å². The summed E-state index contributed by atoms with van der Waals surface area (Å²) in [5.41, 5.74) is 0. The largest absolute Gasteiger partial charge is 0.423 e. The van der Waals surface area contributed by atoms with Crippen molar-refractivity contribution in [1.82, 2.24) is 0 Å². The standard InChI is InChI=1S/C5H4O4/c6-3-8-5-2-1-4(7)9-5/h1-3,5H. The van der Waals surface area contributed by atoms with Crippen LogP contribution in [-0.4, -0.2) is 18.7 Å². The third-order valence-electron chi connectivity index (χ3n) is 0.811. The maximum Gasteiger partial charge on any atom is 0.334 e. The average molecular weight is 128 g/mol. The van der Waals surface area contributed by atoms with Gasteiger partial charge in [0.1, 0.15) is 0 Å². The van der Waals surface area contributed by atoms with Gasteiger partial charge >= 0.3 is 5.97 Å². The lowest BCUT2D eigenvalue weighted by molar-refractivity contribution is -0.163. The van der Waals surface area contributed by atoms with Gasteiger partial charge in [-0.2, -0.15) is 0 Å². The summed E-state index contributed by atoms with van der Waals surface area (Å²) in [4.78, 5) is 19.8. The normalized spacial score (nSPS) is 23.6. The zero-order valence-electron chi connectivity index (χ0n) is 4.44. The summed E-state index contributed by atoms with van der Waals surface area (Å²) >= 11 is 0. The van der Waals surface area contributed by atoms with Crippen LogP contribution in [0.4, 0.5) is 0 Å². The van der Waals surface area contributed by atoms with E-state index in [4.69, 9.17) is 0 Å². The van der Waals surface area contributed by atoms with E-state index in [0.717, 1.165) is 0 Å². The number of ether oxygens (including phenoxy) is 2. The highest BCUT2D eigenvalue weighted by molar-refractivity contribution is 5.84. The second-order valence-electron chi connectivity index (χ2n) is 1.40. The number of carbonyl (C=O) groups excluding carboxylic acids is 2. The molecule has 0 aromatic carbocycles. The molecule has 4 heteroatoms. The lowest BCUT2D eigenvalue weighted by atomic mass is 10.5. The minimum absolute atomic E-state index is 0.230. The van der Waals surface area contributed by atoms with Gasteiger partial charge in [-0.25, -0.2) is 4.79 Å². The first-order valence-corrected chi connectivity index (χ1v) is 2.31. The van der Waals surface area contributed by atoms with Crippen LogP contribution in [0.3, 0.4) is 0 Å². The number of cyclic esters (lactones) is 1. The number of rotatable bonds is 2. The monoisotopic (exact) mass is 128 g/mol. The summed E-state index contributed by atoms with van der Waals surface area (Å²) in [7, 11) is 0. The number of hydrogen-bond donors (Lipinski definition) is 0. The fourth-order valence-electron chi connectivity index (χ4n) is 0.478. The maximum atomic E-state index is 10.2. The Morgan fingerprint density at radius 1 is 1.78 bits per heavy atom. The van der Waals surface area contributed by atoms with Crippen molar-refractivity contribution in [3.05, 3.63) is 12.2 Å². The summed E-state index contributed by atoms with van der Waals surface area (Å²) in [5, 5.41) is 0. The molecule has 1 aliphatic rings. The second kappa shape index (κ2) is 2.30. The molecule has 0 saturated heterocycles. The minimum Gasteiger partial charge on any atom is -0.423 e. The van der Waals surface area contributed by atoms with Gasteiger partial charge in [0.15, 0.2) is 0 Å². The Morgan fingerprint density at radius 2 is 2.56 bits per heavy atom. The van der Waals surface area contributed by atoms with Crippen LogP contribution in [0.15, 0.2) is 12.2 Å². The van der Waals surface area contributed by atoms with Crippen LogP contribution in [0.1, 0.15) is 0 Å². The van der Waals surface area contributed by atoms with Crippen LogP contribution in [0.25, 0.3) is 0 Å². The Labute approximate surface area is 51.1 Å². The Bertz CT molecular complexity index is 160. The molecule has 0 aliphatic carbocycles. The molecule has 1 aliphatic heterocycles. The summed E-state index contributed by atoms with van der Waals surface area (Å²) in [6.07, 6.45) is 1.75. The zero-order valence-corrected chi connectivity index (χ0v) is 4.44. The SMILES string of the molecule is O=COC1C=CC(=O)O1. The van der Waals surface area contributed by atoms with Crippen molar-refractivity contribution >= 4 is 12.4 Å². The molecular weight excluding hydrogens is 124 g/mol. The number of esters is 1. The highest BCUT2D eigenvalue weighted by atomic mass is 16.7. The van der Waals surface area contributed by atoms with Crippen LogP contribution in [0.2, 0.25) is 0 Å². The van der Waals surface area contributed by atoms with E-state index >= 15 is 0 Å². The Hall–Kier alpha value is -1.32. The van der Waals surface area contributed by atoms with Crippen LogP contribution in [0, 0.1) is 0 Å². The van der Waals surface area contributed by atoms with E-state index in [1.54, 1.807) is 0 Å². The molecule has 1 heterocycles. The zero-order chi connectivity index (χ0) is 6.69. The predicted octanol–water partition coefficient (Wildman–Crippen LogP) is -0.401. The summed E-state index contributed by atoms with van der Waals surface area (Å²) < 4.78 is 8.66. The Balaban J connectivity index is 2.40. The average Bonchev–Trinajstić information content (AvgIpc) is 2.17. The van der Waals surface area contributed by atoms with Crippen LogP contribution >= 0.6 is 0 Å². The second-order valence-corrected chi connectivity index (χ2v) is 1.40. The molecule has 1 rings (SSSR count). The molecule has 1 atom stereocenters. The third kappa shape index (κ3) is 1.28. The van der Waals surface area contributed by atoms with Gasteiger partial charge in [-0.1, -0.05) is 0 Å². The molecule has 0 fully saturated rings. The van der Waals surface area contributed by atoms with E-state index in [9.17, 15) is 9.59 Å². The molecule has 4 nitrogen and oxygen atoms in total. The highest BCUT2D eigenvalue weighted by Crippen LogP contribution is 2.03. The van der Waals surface area contributed by atoms with Crippen molar-refractivity contribution in [2.75, 3.05) is 0 Å². The van der Waals surface area contributed by atoms with Gasteiger partial charge in [0, 0.05) is 12.2 Å². The molecule has 0 spiro atoms. The fourth-order valence-corrected chi connectivity index (χ4v) is 0.478. The van der Waals surface area contributed by atoms with Gasteiger partial charge in [-0.15, -0.1) is 0 Å². The molecule has 0 radical (unpaired) electrons. The van der Waals surface area contributed by atoms with Crippen LogP contribution in [0.5, 0.6) is 0 Å². The summed E-state index contributed by atoms with van der Waals surface area (Å²) in [6, 6.07) is 0. The van der Waals surface area contributed by atoms with E-state index < -0.39 is 12.3 Å². The van der Waals surface area contributed by atoms with E-state index in [1.165, 1.54) is 12.2 Å². The Kier molecular flexibility index (Phi) is 1.48. The van der Waals surface area contributed by atoms with Gasteiger partial charge < -0.3 is 9.47 Å². The molecule has 9 heavy (non-hydrogen) atoms. The fraction of sp³-hybridized carbons (Fsp3) is 0.200. The minimum atomic E-state index is -0.810. The van der Waals surface area contributed by atoms with Crippen molar-refractivity contribution < 1.29 is 19.1 Å². The Morgan fingerprint density at radius 3 is 3.00 bits per heavy atom. The van der Waals surface area contributed by atoms with Gasteiger partial charge in [0.05, 0.1) is 0 Å². The lowest BCUT2D eigenvalue weighted by Gasteiger charge is -2.02. The topological polar surface area (TPSA) is 52.6 Å². The van der Waals surface area contributed by atoms with Crippen molar-refractivity contribution in [2.45, 2.75) is 6.29 Å². The number of carbonyl (C=O) groups is 2. The molecular formula is C5H4O4. The molecule has 1 unspecified atom stereocenters. The van der Waals surface area contributed by atoms with Crippen molar-refractivity contribution in [2.24, 2.45) is 0 Å². The molecule has 0 N–H and O–H groups in total. The van der Waals surface area contributed by atoms with Gasteiger partial charge in [-0.3, -0.25) is 4.79 Å². The van der Waals surface area contributed by atoms with E-state index in [1.807, 2.05) is 0 Å². The van der Waals surface area contributed by atoms with Gasteiger partial charge in [0.25, 0.3) is 12.8 Å². The van der Waals surface area contributed by atoms with Crippen LogP contribution in [-0.2, 0) is 19.1 Å². The van der Waals surface area contributed by atoms with Gasteiger partial charge in [0.2, 0.25) is 0 Å². The molecule has 0 aromatic rings. The van der Waals surface area contributed by atoms with E-state index in [-0.39, 0.29) is 6.47 Å². The highest BCUT2D eigenvalue weighted by Gasteiger charge is 2.15. The first kappa shape index (κ1) is 5.81. The molecule has 0 aromatic heterocycles. The summed E-state index contributed by atoms with van der Waals surface area (Å²) in [5.74, 6) is -0.484. The summed E-state index contributed by atoms with van der Waals surface area (Å²) in [6.45, 7) is 0.230. The third-order valence-corrected chi connectivity index (χ3v) is 0.811. The van der Waals surface area contributed by atoms with Crippen LogP contribution < -0.4 is 0 Å². The van der Waals surface area contributed by atoms with E-state index in [2.05, 4.69) is 9.47 Å². The molecule has 0 amide bonds. The van der Waals surface area contributed by atoms with E-state index in [0.29, 0.717) is 0 Å². The molecule has 48 valence electrons. The molecule has 0 saturated carbocycles. The smallest absolute Gasteiger partial charge is 0.334 e. The van der Waals surface area contributed by atoms with Crippen molar-refractivity contribution in [1.29, 1.82) is 0 Å². The van der Waals surface area contributed by atoms with Crippen molar-refractivity contribution in [3.63, 3.8) is 0 Å². The molecule has 0 bridgehead atoms. The first-order valence-electron chi connectivity index (χ1n) is 2.31.